The van der Waals surface area contributed by atoms with Crippen molar-refractivity contribution in [2.45, 2.75) is 58.9 Å². The van der Waals surface area contributed by atoms with Crippen molar-refractivity contribution in [1.29, 1.82) is 0 Å². The summed E-state index contributed by atoms with van der Waals surface area (Å²) in [7, 11) is 0. The highest BCUT2D eigenvalue weighted by molar-refractivity contribution is 7.18. The molecular weight excluding hydrogens is 636 g/mol. The van der Waals surface area contributed by atoms with Crippen LogP contribution in [0.25, 0.3) is 20.7 Å². The number of aromatic nitrogens is 6. The van der Waals surface area contributed by atoms with Gasteiger partial charge in [-0.1, -0.05) is 40.3 Å². The molecule has 234 valence electrons. The van der Waals surface area contributed by atoms with Crippen LogP contribution in [0.5, 0.6) is 0 Å². The van der Waals surface area contributed by atoms with Crippen LogP contribution in [0, 0.1) is 0 Å². The molecule has 0 saturated heterocycles. The van der Waals surface area contributed by atoms with E-state index >= 15 is 0 Å². The zero-order chi connectivity index (χ0) is 31.6. The summed E-state index contributed by atoms with van der Waals surface area (Å²) in [4.78, 5) is 54.2. The Balaban J connectivity index is 0.000000194. The molecule has 45 heavy (non-hydrogen) atoms. The first kappa shape index (κ1) is 32.3. The molecule has 1 N–H and O–H groups in total. The third-order valence-electron chi connectivity index (χ3n) is 6.49. The number of nitrogens with zero attached hydrogens (tertiary/aromatic N) is 7. The van der Waals surface area contributed by atoms with Crippen LogP contribution in [-0.4, -0.2) is 61.3 Å². The molecule has 0 aliphatic carbocycles. The number of aliphatic imine (C=N–C) groups is 1. The van der Waals surface area contributed by atoms with Gasteiger partial charge in [-0.05, 0) is 62.8 Å². The average Bonchev–Trinajstić information content (AvgIpc) is 3.77. The van der Waals surface area contributed by atoms with Crippen LogP contribution in [0.2, 0.25) is 5.15 Å². The van der Waals surface area contributed by atoms with Gasteiger partial charge in [0.05, 0.1) is 29.8 Å². The molecule has 0 saturated carbocycles. The van der Waals surface area contributed by atoms with E-state index in [1.54, 1.807) is 13.3 Å². The van der Waals surface area contributed by atoms with Crippen LogP contribution in [0.4, 0.5) is 11.5 Å². The van der Waals surface area contributed by atoms with E-state index in [4.69, 9.17) is 21.1 Å². The van der Waals surface area contributed by atoms with Crippen molar-refractivity contribution in [3.05, 3.63) is 57.1 Å². The third kappa shape index (κ3) is 8.74. The summed E-state index contributed by atoms with van der Waals surface area (Å²) in [5.74, 6) is 0.347. The highest BCUT2D eigenvalue weighted by Crippen LogP contribution is 2.29. The standard InChI is InChI=1S/C19H19N5O2S.C11H12ClN3O2S/c1-2-26-16(25)5-3-4-15-24-17-18(21-11-22-19(17)27-15)23-14-7-6-12-9-20-10-13(12)8-14;1-2-17-8(16)5-3-4-7-15-9-10(12)13-6-14-11(9)18-7/h6-8,10-11H,2-5,9H2,1H3,(H,21,22,23);6H,2-5H2,1H3. The van der Waals surface area contributed by atoms with Crippen LogP contribution < -0.4 is 5.32 Å². The summed E-state index contributed by atoms with van der Waals surface area (Å²) in [5, 5.41) is 5.56. The molecule has 1 aromatic carbocycles. The fourth-order valence-corrected chi connectivity index (χ4v) is 6.55. The molecule has 12 nitrogen and oxygen atoms in total. The zero-order valence-corrected chi connectivity index (χ0v) is 27.2. The Kier molecular flexibility index (Phi) is 11.3. The Hall–Kier alpha value is -4.14. The van der Waals surface area contributed by atoms with E-state index in [0.29, 0.717) is 61.8 Å². The van der Waals surface area contributed by atoms with Gasteiger partial charge in [0.25, 0.3) is 0 Å². The molecule has 0 atom stereocenters. The van der Waals surface area contributed by atoms with Gasteiger partial charge in [-0.2, -0.15) is 0 Å². The van der Waals surface area contributed by atoms with Crippen molar-refractivity contribution in [2.24, 2.45) is 4.99 Å². The molecular formula is C30H31ClN8O4S2. The topological polar surface area (TPSA) is 154 Å². The van der Waals surface area contributed by atoms with Gasteiger partial charge in [0.15, 0.2) is 11.0 Å². The first-order valence-electron chi connectivity index (χ1n) is 14.5. The number of aryl methyl sites for hydroxylation is 2. The number of nitrogens with one attached hydrogen (secondary N) is 1. The first-order valence-corrected chi connectivity index (χ1v) is 16.5. The Morgan fingerprint density at radius 1 is 0.867 bits per heavy atom. The number of carbonyl (C=O) groups is 2. The second kappa shape index (κ2) is 15.7. The maximum atomic E-state index is 11.5. The Bertz CT molecular complexity index is 1830. The smallest absolute Gasteiger partial charge is 0.305 e. The molecule has 1 aliphatic rings. The molecule has 5 heterocycles. The SMILES string of the molecule is CCOC(=O)CCCc1nc2c(Cl)ncnc2s1.CCOC(=O)CCCc1nc2c(Nc3ccc4c(c3)C=NC4)ncnc2s1. The number of fused-ring (bicyclic) bond motifs is 3. The van der Waals surface area contributed by atoms with Crippen molar-refractivity contribution in [3.63, 3.8) is 0 Å². The van der Waals surface area contributed by atoms with Crippen LogP contribution in [0.1, 0.15) is 60.7 Å². The lowest BCUT2D eigenvalue weighted by molar-refractivity contribution is -0.144. The first-order chi connectivity index (χ1) is 21.9. The van der Waals surface area contributed by atoms with Crippen molar-refractivity contribution in [1.82, 2.24) is 29.9 Å². The lowest BCUT2D eigenvalue weighted by Crippen LogP contribution is -2.03. The van der Waals surface area contributed by atoms with Gasteiger partial charge in [0.2, 0.25) is 0 Å². The van der Waals surface area contributed by atoms with E-state index in [-0.39, 0.29) is 11.9 Å². The minimum Gasteiger partial charge on any atom is -0.466 e. The zero-order valence-electron chi connectivity index (χ0n) is 24.8. The van der Waals surface area contributed by atoms with Crippen molar-refractivity contribution in [3.8, 4) is 0 Å². The lowest BCUT2D eigenvalue weighted by atomic mass is 10.1. The number of hydrogen-bond donors (Lipinski definition) is 1. The number of benzene rings is 1. The van der Waals surface area contributed by atoms with Crippen LogP contribution in [0.3, 0.4) is 0 Å². The monoisotopic (exact) mass is 666 g/mol. The molecule has 0 radical (unpaired) electrons. The van der Waals surface area contributed by atoms with E-state index in [9.17, 15) is 9.59 Å². The number of carbonyl (C=O) groups excluding carboxylic acids is 2. The predicted molar refractivity (Wildman–Crippen MR) is 176 cm³/mol. The predicted octanol–water partition coefficient (Wildman–Crippen LogP) is 6.27. The van der Waals surface area contributed by atoms with E-state index in [2.05, 4.69) is 52.3 Å². The third-order valence-corrected chi connectivity index (χ3v) is 8.81. The molecule has 15 heteroatoms. The summed E-state index contributed by atoms with van der Waals surface area (Å²) >= 11 is 8.92. The van der Waals surface area contributed by atoms with Gasteiger partial charge in [-0.25, -0.2) is 29.9 Å². The van der Waals surface area contributed by atoms with Gasteiger partial charge >= 0.3 is 11.9 Å². The molecule has 4 aromatic heterocycles. The molecule has 0 fully saturated rings. The maximum Gasteiger partial charge on any atom is 0.305 e. The fourth-order valence-electron chi connectivity index (χ4n) is 4.42. The molecule has 5 aromatic rings. The van der Waals surface area contributed by atoms with E-state index in [1.807, 2.05) is 19.2 Å². The summed E-state index contributed by atoms with van der Waals surface area (Å²) in [6.45, 7) is 5.19. The van der Waals surface area contributed by atoms with Crippen LogP contribution in [-0.2, 0) is 38.4 Å². The van der Waals surface area contributed by atoms with Crippen LogP contribution in [0.15, 0.2) is 35.8 Å². The summed E-state index contributed by atoms with van der Waals surface area (Å²) in [5.41, 5.74) is 4.69. The molecule has 6 rings (SSSR count). The summed E-state index contributed by atoms with van der Waals surface area (Å²) in [6, 6.07) is 6.16. The molecule has 1 aliphatic heterocycles. The number of esters is 2. The second-order valence-electron chi connectivity index (χ2n) is 9.74. The maximum absolute atomic E-state index is 11.5. The minimum absolute atomic E-state index is 0.166. The largest absolute Gasteiger partial charge is 0.466 e. The number of hydrogen-bond acceptors (Lipinski definition) is 14. The number of anilines is 2. The van der Waals surface area contributed by atoms with Crippen molar-refractivity contribution >= 4 is 84.6 Å². The van der Waals surface area contributed by atoms with Crippen molar-refractivity contribution in [2.75, 3.05) is 18.5 Å². The minimum atomic E-state index is -0.170. The fraction of sp³-hybridized carbons (Fsp3) is 0.367. The van der Waals surface area contributed by atoms with Gasteiger partial charge in [0.1, 0.15) is 33.3 Å². The molecule has 0 unspecified atom stereocenters. The number of ether oxygens (including phenoxy) is 2. The number of rotatable bonds is 12. The van der Waals surface area contributed by atoms with E-state index in [0.717, 1.165) is 49.4 Å². The lowest BCUT2D eigenvalue weighted by Gasteiger charge is -2.07. The molecule has 0 amide bonds. The van der Waals surface area contributed by atoms with Gasteiger partial charge in [0, 0.05) is 24.7 Å². The van der Waals surface area contributed by atoms with Gasteiger partial charge < -0.3 is 14.8 Å². The van der Waals surface area contributed by atoms with Crippen LogP contribution >= 0.6 is 34.3 Å². The second-order valence-corrected chi connectivity index (χ2v) is 12.2. The highest BCUT2D eigenvalue weighted by atomic mass is 35.5. The van der Waals surface area contributed by atoms with Crippen molar-refractivity contribution < 1.29 is 19.1 Å². The van der Waals surface area contributed by atoms with E-state index < -0.39 is 0 Å². The number of halogens is 1. The number of thiazole rings is 2. The highest BCUT2D eigenvalue weighted by Gasteiger charge is 2.14. The Morgan fingerprint density at radius 2 is 1.49 bits per heavy atom. The normalized spacial score (nSPS) is 11.7. The molecule has 0 spiro atoms. The quantitative estimate of drug-likeness (QED) is 0.118. The Labute approximate surface area is 272 Å². The summed E-state index contributed by atoms with van der Waals surface area (Å²) in [6.07, 6.45) is 8.51. The van der Waals surface area contributed by atoms with Gasteiger partial charge in [-0.3, -0.25) is 14.6 Å². The Morgan fingerprint density at radius 3 is 2.13 bits per heavy atom. The summed E-state index contributed by atoms with van der Waals surface area (Å²) < 4.78 is 9.82. The van der Waals surface area contributed by atoms with Gasteiger partial charge in [-0.15, -0.1) is 0 Å². The van der Waals surface area contributed by atoms with E-state index in [1.165, 1.54) is 34.6 Å². The molecule has 0 bridgehead atoms. The average molecular weight is 667 g/mol.